The van der Waals surface area contributed by atoms with Crippen molar-refractivity contribution in [2.75, 3.05) is 11.7 Å². The van der Waals surface area contributed by atoms with Gasteiger partial charge in [0.15, 0.2) is 5.82 Å². The molecule has 0 unspecified atom stereocenters. The Morgan fingerprint density at radius 2 is 2.00 bits per heavy atom. The van der Waals surface area contributed by atoms with Crippen LogP contribution in [0.5, 0.6) is 11.6 Å². The maximum Gasteiger partial charge on any atom is 0.240 e. The van der Waals surface area contributed by atoms with Crippen LogP contribution in [0.15, 0.2) is 35.2 Å². The lowest BCUT2D eigenvalue weighted by Gasteiger charge is -2.11. The molecule has 19 heavy (non-hydrogen) atoms. The Bertz CT molecular complexity index is 595. The maximum absolute atomic E-state index is 6.06. The number of nitrogens with two attached hydrogens (primary N) is 1. The molecule has 3 N–H and O–H groups in total. The fourth-order valence-electron chi connectivity index (χ4n) is 1.43. The normalized spacial score (nSPS) is 10.3. The smallest absolute Gasteiger partial charge is 0.240 e. The average molecular weight is 316 g/mol. The fraction of sp³-hybridized carbons (Fsp3) is 0.0833. The Hall–Kier alpha value is -1.14. The third-order valence-electron chi connectivity index (χ3n) is 2.31. The van der Waals surface area contributed by atoms with Crippen molar-refractivity contribution in [2.45, 2.75) is 4.90 Å². The predicted molar refractivity (Wildman–Crippen MR) is 80.4 cm³/mol. The second-order valence-corrected chi connectivity index (χ2v) is 5.17. The predicted octanol–water partition coefficient (Wildman–Crippen LogP) is 4.19. The zero-order valence-electron chi connectivity index (χ0n) is 9.98. The van der Waals surface area contributed by atoms with Gasteiger partial charge in [0.1, 0.15) is 10.8 Å². The summed E-state index contributed by atoms with van der Waals surface area (Å²) in [4.78, 5) is 5.11. The number of thioether (sulfide) groups is 1. The molecule has 0 saturated carbocycles. The lowest BCUT2D eigenvalue weighted by molar-refractivity contribution is 0.453. The van der Waals surface area contributed by atoms with Gasteiger partial charge in [-0.15, -0.1) is 11.8 Å². The number of nitrogens with zero attached hydrogens (tertiary/aromatic N) is 1. The Balaban J connectivity index is 2.38. The molecule has 0 aliphatic heterocycles. The van der Waals surface area contributed by atoms with Crippen LogP contribution in [0.2, 0.25) is 10.0 Å². The van der Waals surface area contributed by atoms with Gasteiger partial charge < -0.3 is 10.2 Å². The van der Waals surface area contributed by atoms with E-state index in [4.69, 9.17) is 33.8 Å². The highest BCUT2D eigenvalue weighted by Gasteiger charge is 2.12. The number of aromatic nitrogens is 1. The molecule has 0 saturated heterocycles. The minimum atomic E-state index is 0.250. The van der Waals surface area contributed by atoms with Gasteiger partial charge in [0.25, 0.3) is 0 Å². The highest BCUT2D eigenvalue weighted by Crippen LogP contribution is 2.36. The number of halogens is 2. The van der Waals surface area contributed by atoms with Crippen molar-refractivity contribution in [1.82, 2.24) is 4.98 Å². The van der Waals surface area contributed by atoms with Crippen molar-refractivity contribution in [3.8, 4) is 11.6 Å². The number of hydrazine groups is 1. The monoisotopic (exact) mass is 315 g/mol. The standard InChI is InChI=1S/C12H11Cl2N3OS/c1-19-10-5-3-2-4-9(10)18-12-8(14)6-7(13)11(16-12)17-15/h2-6H,15H2,1H3,(H,16,17). The molecule has 0 atom stereocenters. The van der Waals surface area contributed by atoms with Gasteiger partial charge >= 0.3 is 0 Å². The van der Waals surface area contributed by atoms with Crippen LogP contribution in [0.3, 0.4) is 0 Å². The van der Waals surface area contributed by atoms with E-state index in [1.54, 1.807) is 11.8 Å². The van der Waals surface area contributed by atoms with Crippen LogP contribution < -0.4 is 16.0 Å². The summed E-state index contributed by atoms with van der Waals surface area (Å²) in [6.45, 7) is 0. The minimum Gasteiger partial charge on any atom is -0.436 e. The van der Waals surface area contributed by atoms with E-state index in [0.717, 1.165) is 4.90 Å². The fourth-order valence-corrected chi connectivity index (χ4v) is 2.41. The topological polar surface area (TPSA) is 60.2 Å². The SMILES string of the molecule is CSc1ccccc1Oc1nc(NN)c(Cl)cc1Cl. The Morgan fingerprint density at radius 3 is 2.68 bits per heavy atom. The summed E-state index contributed by atoms with van der Waals surface area (Å²) in [5.74, 6) is 6.55. The van der Waals surface area contributed by atoms with Crippen LogP contribution in [0.25, 0.3) is 0 Å². The largest absolute Gasteiger partial charge is 0.436 e. The number of anilines is 1. The lowest BCUT2D eigenvalue weighted by Crippen LogP contribution is -2.09. The molecule has 0 bridgehead atoms. The van der Waals surface area contributed by atoms with Gasteiger partial charge in [-0.05, 0) is 24.5 Å². The molecule has 1 aromatic carbocycles. The van der Waals surface area contributed by atoms with E-state index < -0.39 is 0 Å². The quantitative estimate of drug-likeness (QED) is 0.503. The molecular weight excluding hydrogens is 305 g/mol. The van der Waals surface area contributed by atoms with Crippen LogP contribution >= 0.6 is 35.0 Å². The van der Waals surface area contributed by atoms with Gasteiger partial charge in [0.2, 0.25) is 5.88 Å². The van der Waals surface area contributed by atoms with E-state index >= 15 is 0 Å². The second-order valence-electron chi connectivity index (χ2n) is 3.50. The molecule has 1 aromatic heterocycles. The third kappa shape index (κ3) is 3.25. The van der Waals surface area contributed by atoms with Gasteiger partial charge in [0.05, 0.1) is 5.02 Å². The third-order valence-corrected chi connectivity index (χ3v) is 3.65. The molecule has 2 rings (SSSR count). The van der Waals surface area contributed by atoms with Crippen LogP contribution in [0.4, 0.5) is 5.82 Å². The minimum absolute atomic E-state index is 0.250. The number of hydrogen-bond acceptors (Lipinski definition) is 5. The first-order chi connectivity index (χ1) is 9.15. The molecule has 7 heteroatoms. The van der Waals surface area contributed by atoms with E-state index in [2.05, 4.69) is 10.4 Å². The van der Waals surface area contributed by atoms with Gasteiger partial charge in [-0.1, -0.05) is 35.3 Å². The lowest BCUT2D eigenvalue weighted by atomic mass is 10.3. The van der Waals surface area contributed by atoms with Crippen LogP contribution in [0, 0.1) is 0 Å². The van der Waals surface area contributed by atoms with E-state index in [1.165, 1.54) is 6.07 Å². The van der Waals surface area contributed by atoms with Gasteiger partial charge in [-0.2, -0.15) is 4.98 Å². The molecule has 0 aliphatic carbocycles. The molecule has 0 spiro atoms. The first-order valence-electron chi connectivity index (χ1n) is 5.29. The Kier molecular flexibility index (Phi) is 4.76. The summed E-state index contributed by atoms with van der Waals surface area (Å²) in [5.41, 5.74) is 2.39. The van der Waals surface area contributed by atoms with E-state index in [1.807, 2.05) is 30.5 Å². The van der Waals surface area contributed by atoms with Crippen molar-refractivity contribution in [2.24, 2.45) is 5.84 Å². The molecule has 4 nitrogen and oxygen atoms in total. The maximum atomic E-state index is 6.06. The van der Waals surface area contributed by atoms with Crippen molar-refractivity contribution in [1.29, 1.82) is 0 Å². The molecule has 0 aliphatic rings. The average Bonchev–Trinajstić information content (AvgIpc) is 2.42. The number of ether oxygens (including phenoxy) is 1. The molecule has 0 fully saturated rings. The molecule has 100 valence electrons. The number of benzene rings is 1. The number of nitrogen functional groups attached to an aromatic ring is 1. The van der Waals surface area contributed by atoms with Gasteiger partial charge in [0, 0.05) is 4.90 Å². The Labute approximate surface area is 125 Å². The summed E-state index contributed by atoms with van der Waals surface area (Å²) in [6.07, 6.45) is 1.96. The summed E-state index contributed by atoms with van der Waals surface area (Å²) in [7, 11) is 0. The van der Waals surface area contributed by atoms with Gasteiger partial charge in [-0.3, -0.25) is 0 Å². The van der Waals surface area contributed by atoms with Crippen molar-refractivity contribution >= 4 is 40.8 Å². The van der Waals surface area contributed by atoms with Crippen LogP contribution in [-0.4, -0.2) is 11.2 Å². The van der Waals surface area contributed by atoms with E-state index in [0.29, 0.717) is 21.6 Å². The van der Waals surface area contributed by atoms with Crippen molar-refractivity contribution < 1.29 is 4.74 Å². The van der Waals surface area contributed by atoms with Crippen LogP contribution in [0.1, 0.15) is 0 Å². The van der Waals surface area contributed by atoms with E-state index in [-0.39, 0.29) is 5.88 Å². The Morgan fingerprint density at radius 1 is 1.26 bits per heavy atom. The highest BCUT2D eigenvalue weighted by atomic mass is 35.5. The number of pyridine rings is 1. The molecule has 0 radical (unpaired) electrons. The first kappa shape index (κ1) is 14.3. The summed E-state index contributed by atoms with van der Waals surface area (Å²) in [5, 5.41) is 0.651. The summed E-state index contributed by atoms with van der Waals surface area (Å²) in [6, 6.07) is 9.13. The van der Waals surface area contributed by atoms with Crippen molar-refractivity contribution in [3.63, 3.8) is 0 Å². The van der Waals surface area contributed by atoms with E-state index in [9.17, 15) is 0 Å². The van der Waals surface area contributed by atoms with Crippen molar-refractivity contribution in [3.05, 3.63) is 40.4 Å². The summed E-state index contributed by atoms with van der Waals surface area (Å²) >= 11 is 13.5. The number of hydrogen-bond donors (Lipinski definition) is 2. The van der Waals surface area contributed by atoms with Gasteiger partial charge in [-0.25, -0.2) is 5.84 Å². The molecule has 1 heterocycles. The summed E-state index contributed by atoms with van der Waals surface area (Å²) < 4.78 is 5.71. The zero-order chi connectivity index (χ0) is 13.8. The van der Waals surface area contributed by atoms with Crippen LogP contribution in [-0.2, 0) is 0 Å². The molecule has 2 aromatic rings. The zero-order valence-corrected chi connectivity index (χ0v) is 12.3. The first-order valence-corrected chi connectivity index (χ1v) is 7.27. The highest BCUT2D eigenvalue weighted by molar-refractivity contribution is 7.98. The number of para-hydroxylation sites is 1. The second kappa shape index (κ2) is 6.34. The number of nitrogens with one attached hydrogen (secondary N) is 1. The molecule has 0 amide bonds. The number of rotatable bonds is 4. The molecular formula is C12H11Cl2N3OS.